The summed E-state index contributed by atoms with van der Waals surface area (Å²) >= 11 is 8.36. The van der Waals surface area contributed by atoms with Crippen LogP contribution in [0.25, 0.3) is 0 Å². The van der Waals surface area contributed by atoms with Gasteiger partial charge in [0.25, 0.3) is 5.91 Å². The third kappa shape index (κ3) is 3.68. The fraction of sp³-hybridized carbons (Fsp3) is 0.125. The highest BCUT2D eigenvalue weighted by molar-refractivity contribution is 9.10. The summed E-state index contributed by atoms with van der Waals surface area (Å²) in [7, 11) is 0. The molecule has 0 radical (unpaired) electrons. The molecule has 2 aromatic rings. The van der Waals surface area contributed by atoms with E-state index in [-0.39, 0.29) is 5.91 Å². The normalized spacial score (nSPS) is 10.2. The molecule has 5 heteroatoms. The number of rotatable bonds is 3. The predicted molar refractivity (Wildman–Crippen MR) is 93.9 cm³/mol. The standard InChI is InChI=1S/C16H15BrN2OS/c1-9-3-4-11(15(18)21)8-14(9)19-16(20)13-6-5-12(17)7-10(13)2/h3-8H,1-2H3,(H2,18,21)(H,19,20). The minimum atomic E-state index is -0.150. The van der Waals surface area contributed by atoms with Gasteiger partial charge in [-0.1, -0.05) is 40.3 Å². The first-order valence-corrected chi connectivity index (χ1v) is 7.56. The van der Waals surface area contributed by atoms with Crippen LogP contribution >= 0.6 is 28.1 Å². The molecule has 0 bridgehead atoms. The van der Waals surface area contributed by atoms with E-state index in [1.54, 1.807) is 12.1 Å². The molecular formula is C16H15BrN2OS. The van der Waals surface area contributed by atoms with Crippen LogP contribution in [-0.2, 0) is 0 Å². The minimum Gasteiger partial charge on any atom is -0.389 e. The average molecular weight is 363 g/mol. The SMILES string of the molecule is Cc1ccc(C(N)=S)cc1NC(=O)c1ccc(Br)cc1C. The van der Waals surface area contributed by atoms with E-state index < -0.39 is 0 Å². The van der Waals surface area contributed by atoms with E-state index in [4.69, 9.17) is 18.0 Å². The maximum Gasteiger partial charge on any atom is 0.255 e. The van der Waals surface area contributed by atoms with Gasteiger partial charge < -0.3 is 11.1 Å². The number of benzene rings is 2. The molecule has 3 N–H and O–H groups in total. The van der Waals surface area contributed by atoms with Crippen molar-refractivity contribution < 1.29 is 4.79 Å². The van der Waals surface area contributed by atoms with Crippen LogP contribution in [0.4, 0.5) is 5.69 Å². The summed E-state index contributed by atoms with van der Waals surface area (Å²) in [6.07, 6.45) is 0. The van der Waals surface area contributed by atoms with Gasteiger partial charge in [0, 0.05) is 21.3 Å². The Labute approximate surface area is 137 Å². The van der Waals surface area contributed by atoms with Crippen molar-refractivity contribution in [1.82, 2.24) is 0 Å². The molecule has 0 aliphatic heterocycles. The van der Waals surface area contributed by atoms with Gasteiger partial charge in [-0.05, 0) is 49.2 Å². The van der Waals surface area contributed by atoms with Crippen LogP contribution in [0.2, 0.25) is 0 Å². The van der Waals surface area contributed by atoms with Crippen LogP contribution < -0.4 is 11.1 Å². The number of carbonyl (C=O) groups is 1. The van der Waals surface area contributed by atoms with Crippen LogP contribution in [0.3, 0.4) is 0 Å². The Hall–Kier alpha value is -1.72. The number of hydrogen-bond acceptors (Lipinski definition) is 2. The molecule has 0 saturated carbocycles. The Morgan fingerprint density at radius 2 is 1.86 bits per heavy atom. The second kappa shape index (κ2) is 6.37. The van der Waals surface area contributed by atoms with Crippen molar-refractivity contribution in [3.05, 3.63) is 63.1 Å². The zero-order valence-corrected chi connectivity index (χ0v) is 14.1. The lowest BCUT2D eigenvalue weighted by Crippen LogP contribution is -2.15. The molecule has 0 saturated heterocycles. The van der Waals surface area contributed by atoms with Crippen LogP contribution in [0.5, 0.6) is 0 Å². The lowest BCUT2D eigenvalue weighted by Gasteiger charge is -2.12. The Morgan fingerprint density at radius 3 is 2.48 bits per heavy atom. The summed E-state index contributed by atoms with van der Waals surface area (Å²) < 4.78 is 0.947. The largest absolute Gasteiger partial charge is 0.389 e. The molecule has 0 heterocycles. The lowest BCUT2D eigenvalue weighted by molar-refractivity contribution is 0.102. The van der Waals surface area contributed by atoms with Crippen LogP contribution in [-0.4, -0.2) is 10.9 Å². The van der Waals surface area contributed by atoms with E-state index in [2.05, 4.69) is 21.2 Å². The number of nitrogens with two attached hydrogens (primary N) is 1. The molecule has 3 nitrogen and oxygen atoms in total. The summed E-state index contributed by atoms with van der Waals surface area (Å²) in [5.41, 5.74) is 9.58. The van der Waals surface area contributed by atoms with Gasteiger partial charge >= 0.3 is 0 Å². The van der Waals surface area contributed by atoms with Crippen molar-refractivity contribution in [2.75, 3.05) is 5.32 Å². The number of amides is 1. The topological polar surface area (TPSA) is 55.1 Å². The molecular weight excluding hydrogens is 348 g/mol. The Bertz CT molecular complexity index is 728. The van der Waals surface area contributed by atoms with Crippen molar-refractivity contribution in [3.8, 4) is 0 Å². The highest BCUT2D eigenvalue weighted by atomic mass is 79.9. The molecule has 0 atom stereocenters. The van der Waals surface area contributed by atoms with Crippen molar-refractivity contribution >= 4 is 44.7 Å². The number of carbonyl (C=O) groups excluding carboxylic acids is 1. The molecule has 21 heavy (non-hydrogen) atoms. The first-order valence-electron chi connectivity index (χ1n) is 6.36. The van der Waals surface area contributed by atoms with E-state index in [1.165, 1.54) is 0 Å². The van der Waals surface area contributed by atoms with Crippen molar-refractivity contribution in [2.45, 2.75) is 13.8 Å². The summed E-state index contributed by atoms with van der Waals surface area (Å²) in [5.74, 6) is -0.150. The van der Waals surface area contributed by atoms with E-state index in [0.717, 1.165) is 21.2 Å². The summed E-state index contributed by atoms with van der Waals surface area (Å²) in [6.45, 7) is 3.82. The fourth-order valence-corrected chi connectivity index (χ4v) is 2.58. The second-order valence-electron chi connectivity index (χ2n) is 4.81. The van der Waals surface area contributed by atoms with Gasteiger partial charge in [0.15, 0.2) is 0 Å². The molecule has 1 amide bonds. The zero-order valence-electron chi connectivity index (χ0n) is 11.7. The van der Waals surface area contributed by atoms with Gasteiger partial charge in [-0.25, -0.2) is 0 Å². The van der Waals surface area contributed by atoms with Gasteiger partial charge in [0.05, 0.1) is 0 Å². The number of nitrogens with one attached hydrogen (secondary N) is 1. The first kappa shape index (κ1) is 15.7. The molecule has 2 aromatic carbocycles. The van der Waals surface area contributed by atoms with E-state index in [1.807, 2.05) is 38.1 Å². The van der Waals surface area contributed by atoms with E-state index in [9.17, 15) is 4.79 Å². The highest BCUT2D eigenvalue weighted by Crippen LogP contribution is 2.20. The van der Waals surface area contributed by atoms with Gasteiger partial charge in [0.2, 0.25) is 0 Å². The van der Waals surface area contributed by atoms with Crippen LogP contribution in [0.15, 0.2) is 40.9 Å². The molecule has 0 fully saturated rings. The Morgan fingerprint density at radius 1 is 1.14 bits per heavy atom. The number of aryl methyl sites for hydroxylation is 2. The lowest BCUT2D eigenvalue weighted by atomic mass is 10.1. The van der Waals surface area contributed by atoms with Crippen molar-refractivity contribution in [3.63, 3.8) is 0 Å². The average Bonchev–Trinajstić information content (AvgIpc) is 2.40. The van der Waals surface area contributed by atoms with Crippen molar-refractivity contribution in [1.29, 1.82) is 0 Å². The summed E-state index contributed by atoms with van der Waals surface area (Å²) in [5, 5.41) is 2.91. The highest BCUT2D eigenvalue weighted by Gasteiger charge is 2.11. The number of thiocarbonyl (C=S) groups is 1. The maximum atomic E-state index is 12.4. The zero-order chi connectivity index (χ0) is 15.6. The number of halogens is 1. The number of hydrogen-bond donors (Lipinski definition) is 2. The molecule has 0 spiro atoms. The summed E-state index contributed by atoms with van der Waals surface area (Å²) in [4.78, 5) is 12.7. The first-order chi connectivity index (χ1) is 9.88. The Balaban J connectivity index is 2.31. The van der Waals surface area contributed by atoms with E-state index in [0.29, 0.717) is 16.2 Å². The quantitative estimate of drug-likeness (QED) is 0.812. The van der Waals surface area contributed by atoms with Gasteiger partial charge in [0.1, 0.15) is 4.99 Å². The second-order valence-corrected chi connectivity index (χ2v) is 6.16. The summed E-state index contributed by atoms with van der Waals surface area (Å²) in [6, 6.07) is 11.1. The fourth-order valence-electron chi connectivity index (χ4n) is 1.98. The minimum absolute atomic E-state index is 0.150. The molecule has 108 valence electrons. The van der Waals surface area contributed by atoms with Crippen molar-refractivity contribution in [2.24, 2.45) is 5.73 Å². The maximum absolute atomic E-state index is 12.4. The molecule has 0 unspecified atom stereocenters. The van der Waals surface area contributed by atoms with Crippen LogP contribution in [0.1, 0.15) is 27.0 Å². The molecule has 0 aromatic heterocycles. The van der Waals surface area contributed by atoms with Gasteiger partial charge in [-0.15, -0.1) is 0 Å². The molecule has 0 aliphatic rings. The molecule has 2 rings (SSSR count). The van der Waals surface area contributed by atoms with Gasteiger partial charge in [-0.2, -0.15) is 0 Å². The smallest absolute Gasteiger partial charge is 0.255 e. The predicted octanol–water partition coefficient (Wildman–Crippen LogP) is 3.95. The van der Waals surface area contributed by atoms with E-state index >= 15 is 0 Å². The molecule has 0 aliphatic carbocycles. The Kier molecular flexibility index (Phi) is 4.75. The monoisotopic (exact) mass is 362 g/mol. The number of anilines is 1. The third-order valence-corrected chi connectivity index (χ3v) is 3.93. The third-order valence-electron chi connectivity index (χ3n) is 3.20. The van der Waals surface area contributed by atoms with Gasteiger partial charge in [-0.3, -0.25) is 4.79 Å². The van der Waals surface area contributed by atoms with Crippen LogP contribution in [0, 0.1) is 13.8 Å².